The Kier molecular flexibility index (Phi) is 3.81. The van der Waals surface area contributed by atoms with Crippen LogP contribution in [0.25, 0.3) is 0 Å². The number of amides is 1. The van der Waals surface area contributed by atoms with Gasteiger partial charge in [0.25, 0.3) is 5.91 Å². The van der Waals surface area contributed by atoms with Gasteiger partial charge in [-0.05, 0) is 13.0 Å². The number of hydrogen-bond acceptors (Lipinski definition) is 4. The molecule has 0 fully saturated rings. The fraction of sp³-hybridized carbons (Fsp3) is 0.333. The third-order valence-electron chi connectivity index (χ3n) is 1.92. The molecule has 0 spiro atoms. The lowest BCUT2D eigenvalue weighted by atomic mass is 10.2. The van der Waals surface area contributed by atoms with Crippen LogP contribution in [0.4, 0.5) is 0 Å². The highest BCUT2D eigenvalue weighted by Gasteiger charge is 2.24. The van der Waals surface area contributed by atoms with E-state index in [1.54, 1.807) is 6.92 Å². The number of nitrogens with one attached hydrogen (secondary N) is 2. The molecule has 1 atom stereocenters. The van der Waals surface area contributed by atoms with Crippen molar-refractivity contribution in [1.29, 1.82) is 0 Å². The number of aromatic nitrogens is 2. The molecule has 0 aliphatic carbocycles. The molecule has 0 aliphatic rings. The molecule has 4 N–H and O–H groups in total. The van der Waals surface area contributed by atoms with Gasteiger partial charge in [0, 0.05) is 5.69 Å². The molecular formula is C9H11N3O5. The number of carbonyl (C=O) groups excluding carboxylic acids is 1. The summed E-state index contributed by atoms with van der Waals surface area (Å²) >= 11 is 0. The van der Waals surface area contributed by atoms with Gasteiger partial charge in [0.15, 0.2) is 0 Å². The van der Waals surface area contributed by atoms with Gasteiger partial charge in [-0.1, -0.05) is 0 Å². The smallest absolute Gasteiger partial charge is 0.326 e. The summed E-state index contributed by atoms with van der Waals surface area (Å²) in [5.74, 6) is -3.45. The fourth-order valence-electron chi connectivity index (χ4n) is 1.14. The van der Waals surface area contributed by atoms with Crippen molar-refractivity contribution < 1.29 is 24.6 Å². The molecule has 0 saturated carbocycles. The van der Waals surface area contributed by atoms with E-state index in [0.717, 1.165) is 0 Å². The van der Waals surface area contributed by atoms with Crippen molar-refractivity contribution in [3.05, 3.63) is 17.5 Å². The number of aromatic amines is 1. The van der Waals surface area contributed by atoms with E-state index in [4.69, 9.17) is 10.2 Å². The van der Waals surface area contributed by atoms with E-state index in [9.17, 15) is 14.4 Å². The van der Waals surface area contributed by atoms with Gasteiger partial charge < -0.3 is 15.5 Å². The average molecular weight is 241 g/mol. The molecule has 0 aliphatic heterocycles. The van der Waals surface area contributed by atoms with Gasteiger partial charge in [-0.2, -0.15) is 5.10 Å². The first-order valence-electron chi connectivity index (χ1n) is 4.67. The molecule has 92 valence electrons. The minimum Gasteiger partial charge on any atom is -0.481 e. The van der Waals surface area contributed by atoms with Crippen molar-refractivity contribution in [3.8, 4) is 0 Å². The first-order valence-corrected chi connectivity index (χ1v) is 4.67. The zero-order chi connectivity index (χ0) is 13.0. The maximum atomic E-state index is 11.5. The molecule has 8 heteroatoms. The lowest BCUT2D eigenvalue weighted by molar-refractivity contribution is -0.145. The standard InChI is InChI=1S/C9H11N3O5/c1-4-2-5(12-11-4)8(15)10-6(9(16)17)3-7(13)14/h2,6H,3H2,1H3,(H,10,15)(H,11,12)(H,13,14)(H,16,17)/t6-/m0/s1. The molecule has 8 nitrogen and oxygen atoms in total. The van der Waals surface area contributed by atoms with E-state index < -0.39 is 30.3 Å². The van der Waals surface area contributed by atoms with E-state index in [1.165, 1.54) is 6.07 Å². The molecule has 1 amide bonds. The van der Waals surface area contributed by atoms with Gasteiger partial charge in [0.05, 0.1) is 6.42 Å². The highest BCUT2D eigenvalue weighted by Crippen LogP contribution is 2.00. The molecular weight excluding hydrogens is 230 g/mol. The van der Waals surface area contributed by atoms with Crippen molar-refractivity contribution in [1.82, 2.24) is 15.5 Å². The predicted octanol–water partition coefficient (Wildman–Crippen LogP) is -0.624. The van der Waals surface area contributed by atoms with Crippen LogP contribution in [0.3, 0.4) is 0 Å². The van der Waals surface area contributed by atoms with E-state index in [-0.39, 0.29) is 5.69 Å². The topological polar surface area (TPSA) is 132 Å². The van der Waals surface area contributed by atoms with Gasteiger partial charge >= 0.3 is 11.9 Å². The lowest BCUT2D eigenvalue weighted by Gasteiger charge is -2.10. The molecule has 1 aromatic rings. The summed E-state index contributed by atoms with van der Waals surface area (Å²) < 4.78 is 0. The summed E-state index contributed by atoms with van der Waals surface area (Å²) in [4.78, 5) is 32.6. The number of H-pyrrole nitrogens is 1. The number of carbonyl (C=O) groups is 3. The van der Waals surface area contributed by atoms with Crippen molar-refractivity contribution in [3.63, 3.8) is 0 Å². The Morgan fingerprint density at radius 2 is 2.12 bits per heavy atom. The molecule has 17 heavy (non-hydrogen) atoms. The number of aliphatic carboxylic acids is 2. The number of carboxylic acids is 2. The average Bonchev–Trinajstić information content (AvgIpc) is 2.63. The summed E-state index contributed by atoms with van der Waals surface area (Å²) in [5, 5.41) is 25.4. The maximum Gasteiger partial charge on any atom is 0.326 e. The first kappa shape index (κ1) is 12.7. The quantitative estimate of drug-likeness (QED) is 0.542. The minimum absolute atomic E-state index is 0.0131. The van der Waals surface area contributed by atoms with Crippen LogP contribution < -0.4 is 5.32 Å². The summed E-state index contributed by atoms with van der Waals surface area (Å²) in [6, 6.07) is -0.0494. The molecule has 0 bridgehead atoms. The third kappa shape index (κ3) is 3.59. The monoisotopic (exact) mass is 241 g/mol. The Hall–Kier alpha value is -2.38. The van der Waals surface area contributed by atoms with Crippen molar-refractivity contribution in [2.45, 2.75) is 19.4 Å². The van der Waals surface area contributed by atoms with Gasteiger partial charge in [-0.25, -0.2) is 4.79 Å². The van der Waals surface area contributed by atoms with E-state index in [2.05, 4.69) is 15.5 Å². The predicted molar refractivity (Wildman–Crippen MR) is 54.5 cm³/mol. The Labute approximate surface area is 95.6 Å². The Morgan fingerprint density at radius 1 is 1.47 bits per heavy atom. The van der Waals surface area contributed by atoms with Gasteiger partial charge in [-0.15, -0.1) is 0 Å². The first-order chi connectivity index (χ1) is 7.90. The largest absolute Gasteiger partial charge is 0.481 e. The zero-order valence-corrected chi connectivity index (χ0v) is 8.93. The molecule has 0 aromatic carbocycles. The molecule has 0 saturated heterocycles. The Balaban J connectivity index is 2.70. The summed E-state index contributed by atoms with van der Waals surface area (Å²) in [6.07, 6.45) is -0.690. The van der Waals surface area contributed by atoms with Crippen LogP contribution >= 0.6 is 0 Å². The molecule has 1 rings (SSSR count). The van der Waals surface area contributed by atoms with Crippen LogP contribution in [0.5, 0.6) is 0 Å². The van der Waals surface area contributed by atoms with Gasteiger partial charge in [0.1, 0.15) is 11.7 Å². The number of rotatable bonds is 5. The van der Waals surface area contributed by atoms with Crippen LogP contribution in [0.2, 0.25) is 0 Å². The summed E-state index contributed by atoms with van der Waals surface area (Å²) in [5.41, 5.74) is 0.652. The fourth-order valence-corrected chi connectivity index (χ4v) is 1.14. The van der Waals surface area contributed by atoms with Crippen LogP contribution in [-0.2, 0) is 9.59 Å². The van der Waals surface area contributed by atoms with Gasteiger partial charge in [0.2, 0.25) is 0 Å². The number of hydrogen-bond donors (Lipinski definition) is 4. The number of carboxylic acid groups (broad SMARTS) is 2. The molecule has 0 unspecified atom stereocenters. The van der Waals surface area contributed by atoms with Crippen LogP contribution in [-0.4, -0.2) is 44.3 Å². The summed E-state index contributed by atoms with van der Waals surface area (Å²) in [6.45, 7) is 1.68. The highest BCUT2D eigenvalue weighted by atomic mass is 16.4. The second-order valence-corrected chi connectivity index (χ2v) is 3.40. The van der Waals surface area contributed by atoms with E-state index in [1.807, 2.05) is 0 Å². The second-order valence-electron chi connectivity index (χ2n) is 3.40. The lowest BCUT2D eigenvalue weighted by Crippen LogP contribution is -2.42. The SMILES string of the molecule is Cc1cc(C(=O)N[C@@H](CC(=O)O)C(=O)O)n[nH]1. The van der Waals surface area contributed by atoms with Crippen LogP contribution in [0.1, 0.15) is 22.6 Å². The molecule has 0 radical (unpaired) electrons. The highest BCUT2D eigenvalue weighted by molar-refractivity contribution is 5.95. The van der Waals surface area contributed by atoms with Crippen molar-refractivity contribution >= 4 is 17.8 Å². The van der Waals surface area contributed by atoms with Gasteiger partial charge in [-0.3, -0.25) is 14.7 Å². The normalized spacial score (nSPS) is 11.8. The maximum absolute atomic E-state index is 11.5. The minimum atomic E-state index is -1.47. The Bertz CT molecular complexity index is 453. The Morgan fingerprint density at radius 3 is 2.53 bits per heavy atom. The second kappa shape index (κ2) is 5.10. The zero-order valence-electron chi connectivity index (χ0n) is 8.93. The molecule has 1 heterocycles. The number of nitrogens with zero attached hydrogens (tertiary/aromatic N) is 1. The summed E-state index contributed by atoms with van der Waals surface area (Å²) in [7, 11) is 0. The van der Waals surface area contributed by atoms with Crippen molar-refractivity contribution in [2.75, 3.05) is 0 Å². The van der Waals surface area contributed by atoms with Crippen molar-refractivity contribution in [2.24, 2.45) is 0 Å². The van der Waals surface area contributed by atoms with Crippen LogP contribution in [0, 0.1) is 6.92 Å². The van der Waals surface area contributed by atoms with E-state index >= 15 is 0 Å². The van der Waals surface area contributed by atoms with E-state index in [0.29, 0.717) is 5.69 Å². The third-order valence-corrected chi connectivity index (χ3v) is 1.92. The molecule has 1 aromatic heterocycles. The van der Waals surface area contributed by atoms with Crippen LogP contribution in [0.15, 0.2) is 6.07 Å². The number of aryl methyl sites for hydroxylation is 1.